The summed E-state index contributed by atoms with van der Waals surface area (Å²) < 4.78 is 7.11. The third-order valence-electron chi connectivity index (χ3n) is 3.92. The summed E-state index contributed by atoms with van der Waals surface area (Å²) in [6.07, 6.45) is 2.45. The third-order valence-corrected chi connectivity index (χ3v) is 4.51. The second kappa shape index (κ2) is 4.52. The Bertz CT molecular complexity index is 602. The van der Waals surface area contributed by atoms with Gasteiger partial charge in [0.05, 0.1) is 10.5 Å². The lowest BCUT2D eigenvalue weighted by molar-refractivity contribution is -0.0793. The molecule has 106 valence electrons. The number of hydrogen-bond donors (Lipinski definition) is 1. The standard InChI is InChI=1S/C15H17BrN2O2/c1-4-5-18-14(19)17-12-8-15(18,3)20-13-10(12)6-9(2)7-11(13)16/h4,6-7,12H,1,5,8H2,2-3H3,(H,17,19). The van der Waals surface area contributed by atoms with E-state index < -0.39 is 5.72 Å². The Kier molecular flexibility index (Phi) is 3.05. The van der Waals surface area contributed by atoms with E-state index in [9.17, 15) is 4.79 Å². The van der Waals surface area contributed by atoms with Crippen molar-refractivity contribution in [3.63, 3.8) is 0 Å². The number of carbonyl (C=O) groups is 1. The van der Waals surface area contributed by atoms with Gasteiger partial charge in [0, 0.05) is 18.5 Å². The van der Waals surface area contributed by atoms with E-state index in [4.69, 9.17) is 4.74 Å². The van der Waals surface area contributed by atoms with Gasteiger partial charge in [-0.3, -0.25) is 4.90 Å². The highest BCUT2D eigenvalue weighted by molar-refractivity contribution is 9.10. The van der Waals surface area contributed by atoms with Crippen LogP contribution in [-0.2, 0) is 0 Å². The summed E-state index contributed by atoms with van der Waals surface area (Å²) in [4.78, 5) is 13.9. The van der Waals surface area contributed by atoms with Crippen LogP contribution < -0.4 is 10.1 Å². The Morgan fingerprint density at radius 3 is 3.10 bits per heavy atom. The van der Waals surface area contributed by atoms with E-state index >= 15 is 0 Å². The van der Waals surface area contributed by atoms with Gasteiger partial charge in [0.25, 0.3) is 0 Å². The predicted octanol–water partition coefficient (Wildman–Crippen LogP) is 3.51. The summed E-state index contributed by atoms with van der Waals surface area (Å²) in [5.74, 6) is 0.823. The minimum absolute atomic E-state index is 0.00600. The van der Waals surface area contributed by atoms with Crippen molar-refractivity contribution in [2.75, 3.05) is 6.54 Å². The topological polar surface area (TPSA) is 41.6 Å². The van der Waals surface area contributed by atoms with Crippen LogP contribution in [0.2, 0.25) is 0 Å². The lowest BCUT2D eigenvalue weighted by Crippen LogP contribution is -2.64. The molecule has 0 spiro atoms. The molecular weight excluding hydrogens is 320 g/mol. The fourth-order valence-electron chi connectivity index (χ4n) is 3.01. The first-order chi connectivity index (χ1) is 9.44. The first-order valence-electron chi connectivity index (χ1n) is 6.63. The highest BCUT2D eigenvalue weighted by atomic mass is 79.9. The van der Waals surface area contributed by atoms with Crippen molar-refractivity contribution in [1.29, 1.82) is 0 Å². The number of urea groups is 1. The minimum Gasteiger partial charge on any atom is -0.466 e. The van der Waals surface area contributed by atoms with Gasteiger partial charge in [-0.1, -0.05) is 12.1 Å². The fourth-order valence-corrected chi connectivity index (χ4v) is 3.68. The number of aryl methyl sites for hydroxylation is 1. The smallest absolute Gasteiger partial charge is 0.321 e. The lowest BCUT2D eigenvalue weighted by Gasteiger charge is -2.50. The molecule has 2 bridgehead atoms. The van der Waals surface area contributed by atoms with E-state index in [0.29, 0.717) is 6.54 Å². The Labute approximate surface area is 126 Å². The van der Waals surface area contributed by atoms with Gasteiger partial charge in [-0.15, -0.1) is 6.58 Å². The van der Waals surface area contributed by atoms with Crippen LogP contribution >= 0.6 is 15.9 Å². The molecule has 0 aliphatic carbocycles. The molecule has 0 aromatic heterocycles. The maximum absolute atomic E-state index is 12.3. The van der Waals surface area contributed by atoms with Crippen LogP contribution in [0.25, 0.3) is 0 Å². The molecule has 2 aliphatic heterocycles. The van der Waals surface area contributed by atoms with Gasteiger partial charge < -0.3 is 10.1 Å². The van der Waals surface area contributed by atoms with E-state index in [0.717, 1.165) is 27.8 Å². The van der Waals surface area contributed by atoms with E-state index in [1.165, 1.54) is 0 Å². The van der Waals surface area contributed by atoms with Gasteiger partial charge in [-0.2, -0.15) is 0 Å². The molecule has 0 radical (unpaired) electrons. The summed E-state index contributed by atoms with van der Waals surface area (Å²) in [7, 11) is 0. The van der Waals surface area contributed by atoms with Gasteiger partial charge >= 0.3 is 6.03 Å². The van der Waals surface area contributed by atoms with Crippen molar-refractivity contribution in [3.8, 4) is 5.75 Å². The number of rotatable bonds is 2. The second-order valence-corrected chi connectivity index (χ2v) is 6.40. The molecule has 2 unspecified atom stereocenters. The molecule has 1 saturated heterocycles. The van der Waals surface area contributed by atoms with Crippen LogP contribution in [0.1, 0.15) is 30.5 Å². The van der Waals surface area contributed by atoms with Crippen LogP contribution in [-0.4, -0.2) is 23.2 Å². The molecule has 1 fully saturated rings. The molecule has 20 heavy (non-hydrogen) atoms. The van der Waals surface area contributed by atoms with Crippen LogP contribution in [0.3, 0.4) is 0 Å². The van der Waals surface area contributed by atoms with Crippen LogP contribution in [0.4, 0.5) is 4.79 Å². The van der Waals surface area contributed by atoms with Crippen molar-refractivity contribution >= 4 is 22.0 Å². The molecule has 4 nitrogen and oxygen atoms in total. The number of halogens is 1. The van der Waals surface area contributed by atoms with Gasteiger partial charge in [0.1, 0.15) is 5.75 Å². The quantitative estimate of drug-likeness (QED) is 0.839. The van der Waals surface area contributed by atoms with E-state index in [1.54, 1.807) is 11.0 Å². The van der Waals surface area contributed by atoms with Crippen molar-refractivity contribution in [2.45, 2.75) is 32.0 Å². The zero-order chi connectivity index (χ0) is 14.5. The largest absolute Gasteiger partial charge is 0.466 e. The predicted molar refractivity (Wildman–Crippen MR) is 80.7 cm³/mol. The number of hydrogen-bond acceptors (Lipinski definition) is 2. The molecule has 1 aromatic rings. The number of amides is 2. The van der Waals surface area contributed by atoms with E-state index in [1.807, 2.05) is 19.9 Å². The molecule has 2 amide bonds. The molecular formula is C15H17BrN2O2. The Morgan fingerprint density at radius 2 is 2.40 bits per heavy atom. The lowest BCUT2D eigenvalue weighted by atomic mass is 9.89. The van der Waals surface area contributed by atoms with Crippen LogP contribution in [0.5, 0.6) is 5.75 Å². The summed E-state index contributed by atoms with van der Waals surface area (Å²) in [6, 6.07) is 4.00. The number of nitrogens with one attached hydrogen (secondary N) is 1. The first-order valence-corrected chi connectivity index (χ1v) is 7.42. The molecule has 3 rings (SSSR count). The average Bonchev–Trinajstić information content (AvgIpc) is 2.36. The normalized spacial score (nSPS) is 27.4. The van der Waals surface area contributed by atoms with Crippen molar-refractivity contribution in [1.82, 2.24) is 10.2 Å². The second-order valence-electron chi connectivity index (χ2n) is 5.55. The molecule has 2 aliphatic rings. The summed E-state index contributed by atoms with van der Waals surface area (Å²) in [6.45, 7) is 8.17. The zero-order valence-corrected chi connectivity index (χ0v) is 13.2. The molecule has 1 aromatic carbocycles. The molecule has 0 saturated carbocycles. The Hall–Kier alpha value is -1.49. The fraction of sp³-hybridized carbons (Fsp3) is 0.400. The summed E-state index contributed by atoms with van der Waals surface area (Å²) in [5.41, 5.74) is 1.55. The number of benzene rings is 1. The highest BCUT2D eigenvalue weighted by Crippen LogP contribution is 2.47. The maximum Gasteiger partial charge on any atom is 0.321 e. The van der Waals surface area contributed by atoms with E-state index in [-0.39, 0.29) is 12.1 Å². The number of nitrogens with zero attached hydrogens (tertiary/aromatic N) is 1. The Balaban J connectivity index is 2.10. The molecule has 2 atom stereocenters. The highest BCUT2D eigenvalue weighted by Gasteiger charge is 2.49. The maximum atomic E-state index is 12.3. The van der Waals surface area contributed by atoms with Gasteiger partial charge in [-0.05, 0) is 41.4 Å². The zero-order valence-electron chi connectivity index (χ0n) is 11.6. The van der Waals surface area contributed by atoms with Crippen molar-refractivity contribution in [3.05, 3.63) is 40.4 Å². The van der Waals surface area contributed by atoms with Gasteiger partial charge in [0.2, 0.25) is 0 Å². The molecule has 5 heteroatoms. The van der Waals surface area contributed by atoms with Gasteiger partial charge in [-0.25, -0.2) is 4.79 Å². The number of carbonyl (C=O) groups excluding carboxylic acids is 1. The Morgan fingerprint density at radius 1 is 1.65 bits per heavy atom. The average molecular weight is 337 g/mol. The van der Waals surface area contributed by atoms with E-state index in [2.05, 4.69) is 33.9 Å². The van der Waals surface area contributed by atoms with Gasteiger partial charge in [0.15, 0.2) is 5.72 Å². The summed E-state index contributed by atoms with van der Waals surface area (Å²) >= 11 is 3.56. The van der Waals surface area contributed by atoms with Crippen LogP contribution in [0, 0.1) is 6.92 Å². The molecule has 1 N–H and O–H groups in total. The molecule has 2 heterocycles. The number of ether oxygens (including phenoxy) is 1. The third kappa shape index (κ3) is 1.92. The first kappa shape index (κ1) is 13.5. The van der Waals surface area contributed by atoms with Crippen LogP contribution in [0.15, 0.2) is 29.3 Å². The SMILES string of the molecule is C=CCN1C(=O)NC2CC1(C)Oc1c(Br)cc(C)cc12. The minimum atomic E-state index is -0.633. The van der Waals surface area contributed by atoms with Crippen molar-refractivity contribution < 1.29 is 9.53 Å². The number of fused-ring (bicyclic) bond motifs is 4. The monoisotopic (exact) mass is 336 g/mol. The van der Waals surface area contributed by atoms with Crippen molar-refractivity contribution in [2.24, 2.45) is 0 Å². The summed E-state index contributed by atoms with van der Waals surface area (Å²) in [5, 5.41) is 3.06.